The summed E-state index contributed by atoms with van der Waals surface area (Å²) >= 11 is 0. The van der Waals surface area contributed by atoms with Gasteiger partial charge in [-0.2, -0.15) is 0 Å². The highest BCUT2D eigenvalue weighted by Crippen LogP contribution is 2.24. The van der Waals surface area contributed by atoms with E-state index < -0.39 is 9.84 Å². The lowest BCUT2D eigenvalue weighted by Gasteiger charge is -2.28. The molecule has 88 valence electrons. The van der Waals surface area contributed by atoms with Crippen LogP contribution in [0.4, 0.5) is 0 Å². The van der Waals surface area contributed by atoms with Crippen molar-refractivity contribution in [3.63, 3.8) is 0 Å². The summed E-state index contributed by atoms with van der Waals surface area (Å²) in [4.78, 5) is 10.5. The minimum atomic E-state index is -2.91. The number of hydrogen-bond acceptors (Lipinski definition) is 4. The molecule has 0 N–H and O–H groups in total. The van der Waals surface area contributed by atoms with Gasteiger partial charge in [-0.15, -0.1) is 0 Å². The Morgan fingerprint density at radius 3 is 2.80 bits per heavy atom. The summed E-state index contributed by atoms with van der Waals surface area (Å²) in [5.41, 5.74) is 0. The zero-order valence-electron chi connectivity index (χ0n) is 9.02. The Hall–Kier alpha value is -0.420. The average molecular weight is 234 g/mol. The van der Waals surface area contributed by atoms with Gasteiger partial charge in [-0.25, -0.2) is 8.42 Å². The Labute approximate surface area is 90.9 Å². The van der Waals surface area contributed by atoms with Crippen LogP contribution >= 0.6 is 0 Å². The second kappa shape index (κ2) is 5.61. The van der Waals surface area contributed by atoms with E-state index in [-0.39, 0.29) is 23.5 Å². The normalized spacial score (nSPS) is 27.1. The molecule has 15 heavy (non-hydrogen) atoms. The molecule has 1 fully saturated rings. The van der Waals surface area contributed by atoms with Crippen LogP contribution < -0.4 is 0 Å². The highest BCUT2D eigenvalue weighted by molar-refractivity contribution is 7.91. The molecular formula is C10H18O4S. The lowest BCUT2D eigenvalue weighted by atomic mass is 9.96. The number of sulfone groups is 1. The maximum atomic E-state index is 11.4. The first-order valence-corrected chi connectivity index (χ1v) is 7.17. The molecule has 0 amide bonds. The third-order valence-corrected chi connectivity index (χ3v) is 4.58. The SMILES string of the molecule is CCOC(CC=O)C1CCCS(=O)(=O)C1. The number of aldehydes is 1. The van der Waals surface area contributed by atoms with E-state index in [1.807, 2.05) is 6.92 Å². The van der Waals surface area contributed by atoms with Crippen LogP contribution in [0.5, 0.6) is 0 Å². The number of carbonyl (C=O) groups is 1. The molecule has 0 spiro atoms. The van der Waals surface area contributed by atoms with Gasteiger partial charge < -0.3 is 9.53 Å². The summed E-state index contributed by atoms with van der Waals surface area (Å²) in [5.74, 6) is 0.448. The summed E-state index contributed by atoms with van der Waals surface area (Å²) in [6.45, 7) is 2.38. The Morgan fingerprint density at radius 1 is 1.53 bits per heavy atom. The lowest BCUT2D eigenvalue weighted by Crippen LogP contribution is -2.35. The molecule has 0 aliphatic carbocycles. The fourth-order valence-electron chi connectivity index (χ4n) is 2.06. The van der Waals surface area contributed by atoms with Crippen molar-refractivity contribution < 1.29 is 17.9 Å². The molecule has 2 atom stereocenters. The van der Waals surface area contributed by atoms with E-state index in [1.165, 1.54) is 0 Å². The summed E-state index contributed by atoms with van der Waals surface area (Å²) in [7, 11) is -2.91. The third kappa shape index (κ3) is 3.91. The van der Waals surface area contributed by atoms with Gasteiger partial charge in [0.2, 0.25) is 0 Å². The molecule has 1 heterocycles. The van der Waals surface area contributed by atoms with Crippen LogP contribution in [0.3, 0.4) is 0 Å². The molecule has 1 aliphatic rings. The van der Waals surface area contributed by atoms with Gasteiger partial charge in [-0.05, 0) is 25.7 Å². The van der Waals surface area contributed by atoms with Crippen LogP contribution in [0, 0.1) is 5.92 Å². The zero-order chi connectivity index (χ0) is 11.3. The predicted octanol–water partition coefficient (Wildman–Crippen LogP) is 0.805. The van der Waals surface area contributed by atoms with E-state index in [1.54, 1.807) is 0 Å². The van der Waals surface area contributed by atoms with E-state index in [0.29, 0.717) is 19.4 Å². The molecule has 1 rings (SSSR count). The standard InChI is InChI=1S/C10H18O4S/c1-2-14-10(5-6-11)9-4-3-7-15(12,13)8-9/h6,9-10H,2-5,7-8H2,1H3. The minimum Gasteiger partial charge on any atom is -0.378 e. The van der Waals surface area contributed by atoms with E-state index in [0.717, 1.165) is 12.7 Å². The first-order chi connectivity index (χ1) is 7.09. The minimum absolute atomic E-state index is 0.00565. The van der Waals surface area contributed by atoms with Gasteiger partial charge >= 0.3 is 0 Å². The second-order valence-electron chi connectivity index (χ2n) is 3.91. The molecule has 0 radical (unpaired) electrons. The molecule has 2 unspecified atom stereocenters. The fraction of sp³-hybridized carbons (Fsp3) is 0.900. The smallest absolute Gasteiger partial charge is 0.150 e. The van der Waals surface area contributed by atoms with Crippen LogP contribution in [0.1, 0.15) is 26.2 Å². The van der Waals surface area contributed by atoms with Crippen LogP contribution in [0.2, 0.25) is 0 Å². The fourth-order valence-corrected chi connectivity index (χ4v) is 3.86. The topological polar surface area (TPSA) is 60.4 Å². The summed E-state index contributed by atoms with van der Waals surface area (Å²) < 4.78 is 28.3. The first kappa shape index (κ1) is 12.6. The molecular weight excluding hydrogens is 216 g/mol. The van der Waals surface area contributed by atoms with E-state index in [9.17, 15) is 13.2 Å². The Balaban J connectivity index is 2.62. The maximum absolute atomic E-state index is 11.4. The highest BCUT2D eigenvalue weighted by Gasteiger charge is 2.30. The van der Waals surface area contributed by atoms with E-state index in [4.69, 9.17) is 4.74 Å². The van der Waals surface area contributed by atoms with Gasteiger partial charge in [0.05, 0.1) is 17.6 Å². The largest absolute Gasteiger partial charge is 0.378 e. The van der Waals surface area contributed by atoms with Crippen molar-refractivity contribution in [1.82, 2.24) is 0 Å². The average Bonchev–Trinajstić information content (AvgIpc) is 2.16. The highest BCUT2D eigenvalue weighted by atomic mass is 32.2. The number of ether oxygens (including phenoxy) is 1. The van der Waals surface area contributed by atoms with Crippen molar-refractivity contribution in [1.29, 1.82) is 0 Å². The summed E-state index contributed by atoms with van der Waals surface area (Å²) in [6, 6.07) is 0. The summed E-state index contributed by atoms with van der Waals surface area (Å²) in [6.07, 6.45) is 2.42. The molecule has 5 heteroatoms. The third-order valence-electron chi connectivity index (χ3n) is 2.73. The molecule has 0 aromatic carbocycles. The monoisotopic (exact) mass is 234 g/mol. The zero-order valence-corrected chi connectivity index (χ0v) is 9.83. The second-order valence-corrected chi connectivity index (χ2v) is 6.14. The number of carbonyl (C=O) groups excluding carboxylic acids is 1. The van der Waals surface area contributed by atoms with Gasteiger partial charge in [0.25, 0.3) is 0 Å². The first-order valence-electron chi connectivity index (χ1n) is 5.34. The molecule has 0 bridgehead atoms. The van der Waals surface area contributed by atoms with Crippen LogP contribution in [-0.4, -0.2) is 38.9 Å². The quantitative estimate of drug-likeness (QED) is 0.660. The van der Waals surface area contributed by atoms with Crippen molar-refractivity contribution >= 4 is 16.1 Å². The van der Waals surface area contributed by atoms with Gasteiger partial charge in [-0.1, -0.05) is 0 Å². The van der Waals surface area contributed by atoms with E-state index >= 15 is 0 Å². The van der Waals surface area contributed by atoms with Gasteiger partial charge in [0.15, 0.2) is 9.84 Å². The molecule has 0 saturated carbocycles. The van der Waals surface area contributed by atoms with Crippen LogP contribution in [0.25, 0.3) is 0 Å². The maximum Gasteiger partial charge on any atom is 0.150 e. The van der Waals surface area contributed by atoms with Crippen molar-refractivity contribution in [2.24, 2.45) is 5.92 Å². The van der Waals surface area contributed by atoms with Gasteiger partial charge in [0, 0.05) is 13.0 Å². The van der Waals surface area contributed by atoms with Crippen molar-refractivity contribution in [3.8, 4) is 0 Å². The van der Waals surface area contributed by atoms with Crippen LogP contribution in [-0.2, 0) is 19.4 Å². The van der Waals surface area contributed by atoms with Crippen molar-refractivity contribution in [3.05, 3.63) is 0 Å². The van der Waals surface area contributed by atoms with E-state index in [2.05, 4.69) is 0 Å². The predicted molar refractivity (Wildman–Crippen MR) is 57.5 cm³/mol. The molecule has 1 aliphatic heterocycles. The molecule has 4 nitrogen and oxygen atoms in total. The Bertz CT molecular complexity index is 297. The summed E-state index contributed by atoms with van der Waals surface area (Å²) in [5, 5.41) is 0. The molecule has 0 aromatic heterocycles. The number of hydrogen-bond donors (Lipinski definition) is 0. The molecule has 1 saturated heterocycles. The van der Waals surface area contributed by atoms with Gasteiger partial charge in [0.1, 0.15) is 6.29 Å². The molecule has 0 aromatic rings. The van der Waals surface area contributed by atoms with Crippen molar-refractivity contribution in [2.45, 2.75) is 32.3 Å². The van der Waals surface area contributed by atoms with Gasteiger partial charge in [-0.3, -0.25) is 0 Å². The number of rotatable bonds is 5. The van der Waals surface area contributed by atoms with Crippen LogP contribution in [0.15, 0.2) is 0 Å². The Kier molecular flexibility index (Phi) is 4.73. The van der Waals surface area contributed by atoms with Crippen molar-refractivity contribution in [2.75, 3.05) is 18.1 Å². The Morgan fingerprint density at radius 2 is 2.27 bits per heavy atom. The lowest BCUT2D eigenvalue weighted by molar-refractivity contribution is -0.111.